The molecule has 19 heavy (non-hydrogen) atoms. The van der Waals surface area contributed by atoms with Crippen LogP contribution in [0.15, 0.2) is 0 Å². The normalized spacial score (nSPS) is 26.3. The van der Waals surface area contributed by atoms with Crippen molar-refractivity contribution in [2.75, 3.05) is 19.7 Å². The largest absolute Gasteiger partial charge is 0.477 e. The monoisotopic (exact) mass is 279 g/mol. The van der Waals surface area contributed by atoms with Crippen molar-refractivity contribution in [2.45, 2.75) is 38.8 Å². The maximum absolute atomic E-state index is 10.7. The van der Waals surface area contributed by atoms with Crippen LogP contribution in [0.5, 0.6) is 0 Å². The van der Waals surface area contributed by atoms with Crippen LogP contribution in [-0.4, -0.2) is 77.5 Å². The number of hydrogen-bond acceptors (Lipinski definition) is 7. The van der Waals surface area contributed by atoms with Crippen molar-refractivity contribution in [3.05, 3.63) is 0 Å². The van der Waals surface area contributed by atoms with Gasteiger partial charge in [0, 0.05) is 6.92 Å². The Morgan fingerprint density at radius 3 is 2.68 bits per heavy atom. The zero-order chi connectivity index (χ0) is 13.7. The van der Waals surface area contributed by atoms with Crippen molar-refractivity contribution in [1.82, 2.24) is 5.32 Å². The molecule has 0 aromatic carbocycles. The number of hydrogen-bond donors (Lipinski definition) is 5. The molecule has 4 unspecified atom stereocenters. The molecule has 112 valence electrons. The van der Waals surface area contributed by atoms with Gasteiger partial charge in [-0.2, -0.15) is 0 Å². The summed E-state index contributed by atoms with van der Waals surface area (Å²) in [6, 6.07) is 0. The van der Waals surface area contributed by atoms with E-state index in [0.29, 0.717) is 0 Å². The van der Waals surface area contributed by atoms with Crippen LogP contribution in [0.2, 0.25) is 0 Å². The van der Waals surface area contributed by atoms with Crippen LogP contribution in [0.1, 0.15) is 14.4 Å². The fourth-order valence-corrected chi connectivity index (χ4v) is 1.58. The van der Waals surface area contributed by atoms with Crippen LogP contribution >= 0.6 is 0 Å². The molecule has 0 aromatic rings. The Balaban J connectivity index is 0.00000324. The molecule has 4 atom stereocenters. The average Bonchev–Trinajstić information content (AvgIpc) is 2.35. The number of carbonyl (C=O) groups excluding carboxylic acids is 1. The lowest BCUT2D eigenvalue weighted by molar-refractivity contribution is -0.138. The fraction of sp³-hybridized carbons (Fsp3) is 0.900. The summed E-state index contributed by atoms with van der Waals surface area (Å²) in [4.78, 5) is 10.7. The maximum Gasteiger partial charge on any atom is 0.477 e. The van der Waals surface area contributed by atoms with Gasteiger partial charge in [-0.05, 0) is 0 Å². The molecule has 1 fully saturated rings. The van der Waals surface area contributed by atoms with Gasteiger partial charge in [-0.3, -0.25) is 4.79 Å². The van der Waals surface area contributed by atoms with E-state index in [0.717, 1.165) is 0 Å². The minimum Gasteiger partial charge on any atom is -0.407 e. The average molecular weight is 279 g/mol. The number of amides is 1. The minimum atomic E-state index is -1.44. The number of aliphatic hydroxyl groups excluding tert-OH is 4. The van der Waals surface area contributed by atoms with E-state index in [-0.39, 0.29) is 26.4 Å². The highest BCUT2D eigenvalue weighted by Gasteiger charge is 2.40. The first-order valence-electron chi connectivity index (χ1n) is 5.62. The Bertz CT molecular complexity index is 281. The second-order valence-corrected chi connectivity index (χ2v) is 4.11. The van der Waals surface area contributed by atoms with E-state index < -0.39 is 38.1 Å². The second kappa shape index (κ2) is 8.46. The van der Waals surface area contributed by atoms with Gasteiger partial charge in [0.15, 0.2) is 0 Å². The first-order valence-corrected chi connectivity index (χ1v) is 5.62. The van der Waals surface area contributed by atoms with Crippen molar-refractivity contribution >= 4 is 13.0 Å². The number of rotatable bonds is 5. The lowest BCUT2D eigenvalue weighted by Gasteiger charge is -2.36. The molecule has 0 saturated carbocycles. The van der Waals surface area contributed by atoms with Crippen LogP contribution in [-0.2, 0) is 14.1 Å². The molecule has 1 aliphatic rings. The third kappa shape index (κ3) is 5.43. The summed E-state index contributed by atoms with van der Waals surface area (Å²) >= 11 is 0. The molecule has 0 aromatic heterocycles. The summed E-state index contributed by atoms with van der Waals surface area (Å²) in [5.41, 5.74) is 0. The standard InChI is InChI=1S/C9H18BNO7.CH4/c1-5(13)11-4-10-17-3-7(15)9(18-10)8(16)6(14)2-12;/h6-9,12,14-16H,2-4H2,1H3,(H,11,13);1H4. The number of carbonyl (C=O) groups is 1. The van der Waals surface area contributed by atoms with E-state index in [9.17, 15) is 20.1 Å². The Hall–Kier alpha value is -0.705. The summed E-state index contributed by atoms with van der Waals surface area (Å²) in [5.74, 6) is -0.263. The molecular weight excluding hydrogens is 257 g/mol. The van der Waals surface area contributed by atoms with Gasteiger partial charge in [0.2, 0.25) is 5.91 Å². The van der Waals surface area contributed by atoms with Gasteiger partial charge in [0.05, 0.1) is 25.8 Å². The van der Waals surface area contributed by atoms with E-state index in [1.165, 1.54) is 6.92 Å². The second-order valence-electron chi connectivity index (χ2n) is 4.11. The van der Waals surface area contributed by atoms with Crippen LogP contribution in [0, 0.1) is 0 Å². The molecule has 1 saturated heterocycles. The summed E-state index contributed by atoms with van der Waals surface area (Å²) in [6.07, 6.45) is -4.98. The van der Waals surface area contributed by atoms with Gasteiger partial charge in [-0.1, -0.05) is 7.43 Å². The van der Waals surface area contributed by atoms with E-state index in [4.69, 9.17) is 14.4 Å². The Morgan fingerprint density at radius 1 is 1.53 bits per heavy atom. The van der Waals surface area contributed by atoms with Crippen LogP contribution < -0.4 is 5.32 Å². The van der Waals surface area contributed by atoms with Crippen molar-refractivity contribution < 1.29 is 34.5 Å². The first kappa shape index (κ1) is 18.3. The Labute approximate surface area is 112 Å². The third-order valence-corrected chi connectivity index (χ3v) is 2.58. The Morgan fingerprint density at radius 2 is 2.16 bits per heavy atom. The molecule has 0 aliphatic carbocycles. The number of aliphatic hydroxyl groups is 4. The molecule has 5 N–H and O–H groups in total. The van der Waals surface area contributed by atoms with Crippen molar-refractivity contribution in [3.8, 4) is 0 Å². The highest BCUT2D eigenvalue weighted by molar-refractivity contribution is 6.45. The van der Waals surface area contributed by atoms with Gasteiger partial charge >= 0.3 is 7.12 Å². The van der Waals surface area contributed by atoms with E-state index >= 15 is 0 Å². The predicted molar refractivity (Wildman–Crippen MR) is 67.1 cm³/mol. The highest BCUT2D eigenvalue weighted by atomic mass is 16.6. The Kier molecular flexibility index (Phi) is 8.15. The topological polar surface area (TPSA) is 128 Å². The van der Waals surface area contributed by atoms with Crippen molar-refractivity contribution in [2.24, 2.45) is 0 Å². The zero-order valence-corrected chi connectivity index (χ0v) is 10.0. The van der Waals surface area contributed by atoms with Gasteiger partial charge in [0.1, 0.15) is 18.3 Å². The molecule has 1 amide bonds. The number of nitrogens with one attached hydrogen (secondary N) is 1. The van der Waals surface area contributed by atoms with E-state index in [1.807, 2.05) is 0 Å². The fourth-order valence-electron chi connectivity index (χ4n) is 1.58. The molecular formula is C10H22BNO7. The summed E-state index contributed by atoms with van der Waals surface area (Å²) in [6.45, 7) is 0.592. The molecule has 1 rings (SSSR count). The molecule has 0 bridgehead atoms. The lowest BCUT2D eigenvalue weighted by atomic mass is 9.85. The van der Waals surface area contributed by atoms with Gasteiger partial charge in [0.25, 0.3) is 0 Å². The van der Waals surface area contributed by atoms with Gasteiger partial charge < -0.3 is 35.1 Å². The quantitative estimate of drug-likeness (QED) is 0.346. The molecule has 1 aliphatic heterocycles. The van der Waals surface area contributed by atoms with E-state index in [2.05, 4.69) is 5.32 Å². The SMILES string of the molecule is C.CC(=O)NCB1OCC(O)C(C(O)C(O)CO)O1. The molecule has 1 heterocycles. The van der Waals surface area contributed by atoms with Crippen LogP contribution in [0.4, 0.5) is 0 Å². The third-order valence-electron chi connectivity index (χ3n) is 2.58. The summed E-state index contributed by atoms with van der Waals surface area (Å²) in [7, 11) is -0.817. The van der Waals surface area contributed by atoms with Crippen LogP contribution in [0.25, 0.3) is 0 Å². The maximum atomic E-state index is 10.7. The summed E-state index contributed by atoms with van der Waals surface area (Å²) < 4.78 is 10.3. The molecule has 8 nitrogen and oxygen atoms in total. The smallest absolute Gasteiger partial charge is 0.407 e. The van der Waals surface area contributed by atoms with Gasteiger partial charge in [-0.25, -0.2) is 0 Å². The van der Waals surface area contributed by atoms with E-state index in [1.54, 1.807) is 0 Å². The zero-order valence-electron chi connectivity index (χ0n) is 10.0. The molecule has 9 heteroatoms. The minimum absolute atomic E-state index is 0. The lowest BCUT2D eigenvalue weighted by Crippen LogP contribution is -2.57. The molecule has 0 spiro atoms. The molecule has 0 radical (unpaired) electrons. The summed E-state index contributed by atoms with van der Waals surface area (Å²) in [5, 5.41) is 39.8. The first-order chi connectivity index (χ1) is 8.45. The highest BCUT2D eigenvalue weighted by Crippen LogP contribution is 2.16. The van der Waals surface area contributed by atoms with Crippen molar-refractivity contribution in [1.29, 1.82) is 0 Å². The predicted octanol–water partition coefficient (Wildman–Crippen LogP) is -2.72. The van der Waals surface area contributed by atoms with Gasteiger partial charge in [-0.15, -0.1) is 0 Å². The van der Waals surface area contributed by atoms with Crippen LogP contribution in [0.3, 0.4) is 0 Å². The van der Waals surface area contributed by atoms with Crippen molar-refractivity contribution in [3.63, 3.8) is 0 Å².